The summed E-state index contributed by atoms with van der Waals surface area (Å²) >= 11 is 0. The number of aryl methyl sites for hydroxylation is 1. The fraction of sp³-hybridized carbons (Fsp3) is 0.417. The molecule has 1 unspecified atom stereocenters. The van der Waals surface area contributed by atoms with Crippen molar-refractivity contribution < 1.29 is 4.79 Å². The van der Waals surface area contributed by atoms with Gasteiger partial charge in [-0.25, -0.2) is 0 Å². The highest BCUT2D eigenvalue weighted by Crippen LogP contribution is 2.18. The Morgan fingerprint density at radius 2 is 1.80 bits per heavy atom. The second kappa shape index (κ2) is 10.8. The molecule has 1 atom stereocenters. The average Bonchev–Trinajstić information content (AvgIpc) is 2.75. The van der Waals surface area contributed by atoms with E-state index in [1.807, 2.05) is 0 Å². The number of nitrogens with one attached hydrogen (secondary N) is 2. The minimum atomic E-state index is -0.179. The van der Waals surface area contributed by atoms with Crippen LogP contribution in [0.5, 0.6) is 0 Å². The smallest absolute Gasteiger partial charge is 0.221 e. The first-order valence-electron chi connectivity index (χ1n) is 10.6. The van der Waals surface area contributed by atoms with Crippen molar-refractivity contribution in [3.63, 3.8) is 0 Å². The number of benzene rings is 2. The first-order valence-corrected chi connectivity index (χ1v) is 10.6. The van der Waals surface area contributed by atoms with Gasteiger partial charge in [-0.05, 0) is 43.0 Å². The molecule has 0 aromatic heterocycles. The van der Waals surface area contributed by atoms with Gasteiger partial charge in [-0.2, -0.15) is 0 Å². The Kier molecular flexibility index (Phi) is 7.85. The Balaban J connectivity index is 1.50. The van der Waals surface area contributed by atoms with Crippen molar-refractivity contribution in [1.29, 1.82) is 0 Å². The SMILES string of the molecule is CN=C(NCc1ccc(C)cc1)NCc1cccc(CN2CCCC(C(N)=O)C2)c1. The number of aliphatic imine (C=N–C) groups is 1. The fourth-order valence-electron chi connectivity index (χ4n) is 3.83. The molecule has 1 fully saturated rings. The largest absolute Gasteiger partial charge is 0.369 e. The van der Waals surface area contributed by atoms with Crippen molar-refractivity contribution in [2.45, 2.75) is 39.4 Å². The Hall–Kier alpha value is -2.86. The summed E-state index contributed by atoms with van der Waals surface area (Å²) in [4.78, 5) is 18.2. The van der Waals surface area contributed by atoms with Crippen LogP contribution < -0.4 is 16.4 Å². The third-order valence-electron chi connectivity index (χ3n) is 5.57. The van der Waals surface area contributed by atoms with Crippen LogP contribution >= 0.6 is 0 Å². The molecule has 30 heavy (non-hydrogen) atoms. The van der Waals surface area contributed by atoms with Crippen LogP contribution in [-0.2, 0) is 24.4 Å². The number of nitrogens with zero attached hydrogens (tertiary/aromatic N) is 2. The van der Waals surface area contributed by atoms with Crippen LogP contribution in [0.4, 0.5) is 0 Å². The van der Waals surface area contributed by atoms with Crippen LogP contribution in [0.25, 0.3) is 0 Å². The van der Waals surface area contributed by atoms with E-state index >= 15 is 0 Å². The predicted molar refractivity (Wildman–Crippen MR) is 122 cm³/mol. The van der Waals surface area contributed by atoms with Gasteiger partial charge in [0.15, 0.2) is 5.96 Å². The Labute approximate surface area is 179 Å². The average molecular weight is 408 g/mol. The lowest BCUT2D eigenvalue weighted by molar-refractivity contribution is -0.123. The molecule has 0 saturated carbocycles. The molecule has 1 aliphatic rings. The zero-order valence-electron chi connectivity index (χ0n) is 18.0. The quantitative estimate of drug-likeness (QED) is 0.487. The lowest BCUT2D eigenvalue weighted by Gasteiger charge is -2.31. The molecule has 1 heterocycles. The van der Waals surface area contributed by atoms with Crippen molar-refractivity contribution in [1.82, 2.24) is 15.5 Å². The van der Waals surface area contributed by atoms with E-state index in [9.17, 15) is 4.79 Å². The molecule has 160 valence electrons. The number of hydrogen-bond donors (Lipinski definition) is 3. The standard InChI is InChI=1S/C24H33N5O/c1-18-8-10-19(11-9-18)14-27-24(26-2)28-15-20-5-3-6-21(13-20)16-29-12-4-7-22(17-29)23(25)30/h3,5-6,8-11,13,22H,4,7,12,14-17H2,1-2H3,(H2,25,30)(H2,26,27,28). The van der Waals surface area contributed by atoms with Gasteiger partial charge in [0, 0.05) is 33.2 Å². The van der Waals surface area contributed by atoms with Gasteiger partial charge in [0.05, 0.1) is 5.92 Å². The highest BCUT2D eigenvalue weighted by atomic mass is 16.1. The zero-order valence-corrected chi connectivity index (χ0v) is 18.0. The number of guanidine groups is 1. The number of carbonyl (C=O) groups is 1. The summed E-state index contributed by atoms with van der Waals surface area (Å²) in [6, 6.07) is 17.1. The Morgan fingerprint density at radius 1 is 1.10 bits per heavy atom. The van der Waals surface area contributed by atoms with Gasteiger partial charge in [-0.1, -0.05) is 54.1 Å². The first kappa shape index (κ1) is 21.8. The predicted octanol–water partition coefficient (Wildman–Crippen LogP) is 2.56. The minimum absolute atomic E-state index is 0.0217. The molecular formula is C24H33N5O. The van der Waals surface area contributed by atoms with E-state index in [4.69, 9.17) is 5.73 Å². The van der Waals surface area contributed by atoms with Gasteiger partial charge >= 0.3 is 0 Å². The molecule has 0 bridgehead atoms. The second-order valence-electron chi connectivity index (χ2n) is 8.06. The molecule has 2 aromatic carbocycles. The number of carbonyl (C=O) groups excluding carboxylic acids is 1. The second-order valence-corrected chi connectivity index (χ2v) is 8.06. The van der Waals surface area contributed by atoms with E-state index in [0.717, 1.165) is 45.0 Å². The molecule has 0 spiro atoms. The van der Waals surface area contributed by atoms with E-state index in [1.165, 1.54) is 22.3 Å². The summed E-state index contributed by atoms with van der Waals surface area (Å²) in [5, 5.41) is 6.74. The summed E-state index contributed by atoms with van der Waals surface area (Å²) in [7, 11) is 1.78. The van der Waals surface area contributed by atoms with Gasteiger partial charge in [0.1, 0.15) is 0 Å². The van der Waals surface area contributed by atoms with Gasteiger partial charge in [0.25, 0.3) is 0 Å². The summed E-state index contributed by atoms with van der Waals surface area (Å²) in [6.07, 6.45) is 1.93. The van der Waals surface area contributed by atoms with E-state index < -0.39 is 0 Å². The molecule has 2 aromatic rings. The molecule has 6 nitrogen and oxygen atoms in total. The number of nitrogens with two attached hydrogens (primary N) is 1. The van der Waals surface area contributed by atoms with Crippen LogP contribution in [0.15, 0.2) is 53.5 Å². The summed E-state index contributed by atoms with van der Waals surface area (Å²) in [5.74, 6) is 0.579. The minimum Gasteiger partial charge on any atom is -0.369 e. The van der Waals surface area contributed by atoms with E-state index in [2.05, 4.69) is 76.0 Å². The highest BCUT2D eigenvalue weighted by molar-refractivity contribution is 5.79. The summed E-state index contributed by atoms with van der Waals surface area (Å²) in [6.45, 7) is 6.14. The molecule has 0 aliphatic carbocycles. The van der Waals surface area contributed by atoms with Crippen molar-refractivity contribution in [2.24, 2.45) is 16.6 Å². The number of likely N-dealkylation sites (tertiary alicyclic amines) is 1. The highest BCUT2D eigenvalue weighted by Gasteiger charge is 2.23. The number of amides is 1. The molecular weight excluding hydrogens is 374 g/mol. The number of hydrogen-bond acceptors (Lipinski definition) is 3. The van der Waals surface area contributed by atoms with Crippen molar-refractivity contribution >= 4 is 11.9 Å². The van der Waals surface area contributed by atoms with Crippen LogP contribution in [0.1, 0.15) is 35.1 Å². The molecule has 1 saturated heterocycles. The molecule has 1 aliphatic heterocycles. The monoisotopic (exact) mass is 407 g/mol. The first-order chi connectivity index (χ1) is 14.5. The topological polar surface area (TPSA) is 82.8 Å². The van der Waals surface area contributed by atoms with E-state index in [1.54, 1.807) is 7.05 Å². The lowest BCUT2D eigenvalue weighted by atomic mass is 9.97. The van der Waals surface area contributed by atoms with Crippen molar-refractivity contribution in [3.05, 3.63) is 70.8 Å². The molecule has 0 radical (unpaired) electrons. The van der Waals surface area contributed by atoms with Crippen LogP contribution in [0.3, 0.4) is 0 Å². The van der Waals surface area contributed by atoms with E-state index in [-0.39, 0.29) is 11.8 Å². The molecule has 4 N–H and O–H groups in total. The Bertz CT molecular complexity index is 862. The molecule has 1 amide bonds. The third-order valence-corrected chi connectivity index (χ3v) is 5.57. The van der Waals surface area contributed by atoms with E-state index in [0.29, 0.717) is 6.54 Å². The lowest BCUT2D eigenvalue weighted by Crippen LogP contribution is -2.40. The van der Waals surface area contributed by atoms with Gasteiger partial charge in [-0.3, -0.25) is 14.7 Å². The molecule has 3 rings (SSSR count). The fourth-order valence-corrected chi connectivity index (χ4v) is 3.83. The number of piperidine rings is 1. The molecule has 6 heteroatoms. The summed E-state index contributed by atoms with van der Waals surface area (Å²) < 4.78 is 0. The maximum atomic E-state index is 11.5. The zero-order chi connectivity index (χ0) is 21.3. The number of primary amides is 1. The van der Waals surface area contributed by atoms with Crippen molar-refractivity contribution in [2.75, 3.05) is 20.1 Å². The van der Waals surface area contributed by atoms with Crippen molar-refractivity contribution in [3.8, 4) is 0 Å². The number of rotatable bonds is 7. The van der Waals surface area contributed by atoms with Gasteiger partial charge in [0.2, 0.25) is 5.91 Å². The maximum Gasteiger partial charge on any atom is 0.221 e. The summed E-state index contributed by atoms with van der Waals surface area (Å²) in [5.41, 5.74) is 10.4. The van der Waals surface area contributed by atoms with Crippen LogP contribution in [0, 0.1) is 12.8 Å². The van der Waals surface area contributed by atoms with Crippen LogP contribution in [0.2, 0.25) is 0 Å². The Morgan fingerprint density at radius 3 is 2.50 bits per heavy atom. The normalized spacial score (nSPS) is 17.5. The van der Waals surface area contributed by atoms with Gasteiger partial charge < -0.3 is 16.4 Å². The van der Waals surface area contributed by atoms with Crippen LogP contribution in [-0.4, -0.2) is 36.9 Å². The maximum absolute atomic E-state index is 11.5. The third kappa shape index (κ3) is 6.59. The van der Waals surface area contributed by atoms with Gasteiger partial charge in [-0.15, -0.1) is 0 Å².